The first kappa shape index (κ1) is 5.55. The highest BCUT2D eigenvalue weighted by atomic mass is 19.1. The van der Waals surface area contributed by atoms with Crippen LogP contribution in [0, 0.1) is 17.2 Å². The Kier molecular flexibility index (Phi) is 1.00. The molecule has 8 heavy (non-hydrogen) atoms. The molecular formula is C6H8FN. The highest BCUT2D eigenvalue weighted by Crippen LogP contribution is 2.45. The maximum atomic E-state index is 12.7. The summed E-state index contributed by atoms with van der Waals surface area (Å²) in [5.41, 5.74) is -1.10. The molecule has 2 heteroatoms. The Labute approximate surface area is 48.1 Å². The molecule has 1 fully saturated rings. The summed E-state index contributed by atoms with van der Waals surface area (Å²) in [4.78, 5) is 0. The third-order valence-corrected chi connectivity index (χ3v) is 1.70. The summed E-state index contributed by atoms with van der Waals surface area (Å²) in [6.45, 7) is 1.63. The Balaban J connectivity index is 2.49. The van der Waals surface area contributed by atoms with E-state index >= 15 is 0 Å². The summed E-state index contributed by atoms with van der Waals surface area (Å²) >= 11 is 0. The van der Waals surface area contributed by atoms with Gasteiger partial charge >= 0.3 is 0 Å². The molecule has 1 aliphatic carbocycles. The van der Waals surface area contributed by atoms with Crippen LogP contribution in [0.25, 0.3) is 0 Å². The van der Waals surface area contributed by atoms with Gasteiger partial charge in [0.2, 0.25) is 0 Å². The number of rotatable bonds is 1. The molecule has 1 aliphatic rings. The molecule has 0 aliphatic heterocycles. The molecule has 0 heterocycles. The minimum atomic E-state index is -1.10. The van der Waals surface area contributed by atoms with E-state index in [1.165, 1.54) is 0 Å². The fourth-order valence-electron chi connectivity index (χ4n) is 0.668. The molecule has 0 aromatic rings. The number of hydrogen-bond donors (Lipinski definition) is 0. The average Bonchev–Trinajstić information content (AvgIpc) is 2.47. The summed E-state index contributed by atoms with van der Waals surface area (Å²) < 4.78 is 12.7. The molecule has 0 bridgehead atoms. The smallest absolute Gasteiger partial charge is 0.126 e. The van der Waals surface area contributed by atoms with Gasteiger partial charge in [-0.1, -0.05) is 0 Å². The molecule has 0 radical (unpaired) electrons. The lowest BCUT2D eigenvalue weighted by Gasteiger charge is -2.03. The summed E-state index contributed by atoms with van der Waals surface area (Å²) in [5.74, 6) is -0.400. The molecule has 0 amide bonds. The number of nitrogens with zero attached hydrogens (tertiary/aromatic N) is 1. The summed E-state index contributed by atoms with van der Waals surface area (Å²) in [5, 5.41) is 8.22. The SMILES string of the molecule is CC(C#N)C1(F)CC1. The Morgan fingerprint density at radius 1 is 1.75 bits per heavy atom. The monoisotopic (exact) mass is 113 g/mol. The molecule has 1 unspecified atom stereocenters. The van der Waals surface area contributed by atoms with Crippen LogP contribution in [0.4, 0.5) is 4.39 Å². The second-order valence-corrected chi connectivity index (χ2v) is 2.39. The van der Waals surface area contributed by atoms with Crippen molar-refractivity contribution in [3.63, 3.8) is 0 Å². The van der Waals surface area contributed by atoms with E-state index in [1.54, 1.807) is 6.92 Å². The van der Waals surface area contributed by atoms with Crippen LogP contribution in [0.3, 0.4) is 0 Å². The molecule has 1 nitrogen and oxygen atoms in total. The van der Waals surface area contributed by atoms with E-state index in [0.717, 1.165) is 0 Å². The van der Waals surface area contributed by atoms with E-state index in [4.69, 9.17) is 5.26 Å². The molecule has 1 atom stereocenters. The fraction of sp³-hybridized carbons (Fsp3) is 0.833. The van der Waals surface area contributed by atoms with Crippen LogP contribution in [-0.2, 0) is 0 Å². The molecule has 0 aromatic heterocycles. The summed E-state index contributed by atoms with van der Waals surface area (Å²) in [6.07, 6.45) is 1.17. The number of alkyl halides is 1. The van der Waals surface area contributed by atoms with Crippen molar-refractivity contribution in [1.29, 1.82) is 5.26 Å². The van der Waals surface area contributed by atoms with E-state index in [-0.39, 0.29) is 0 Å². The van der Waals surface area contributed by atoms with Crippen molar-refractivity contribution in [2.45, 2.75) is 25.4 Å². The molecular weight excluding hydrogens is 105 g/mol. The predicted octanol–water partition coefficient (Wildman–Crippen LogP) is 1.65. The fourth-order valence-corrected chi connectivity index (χ4v) is 0.668. The third kappa shape index (κ3) is 0.686. The van der Waals surface area contributed by atoms with E-state index in [0.29, 0.717) is 12.8 Å². The zero-order chi connectivity index (χ0) is 6.20. The molecule has 0 saturated heterocycles. The lowest BCUT2D eigenvalue weighted by molar-refractivity contribution is 0.254. The first-order valence-corrected chi connectivity index (χ1v) is 2.77. The van der Waals surface area contributed by atoms with Crippen LogP contribution < -0.4 is 0 Å². The third-order valence-electron chi connectivity index (χ3n) is 1.70. The molecule has 0 aromatic carbocycles. The lowest BCUT2D eigenvalue weighted by atomic mass is 10.1. The molecule has 1 rings (SSSR count). The molecule has 44 valence electrons. The van der Waals surface area contributed by atoms with Crippen molar-refractivity contribution in [2.24, 2.45) is 5.92 Å². The van der Waals surface area contributed by atoms with Crippen LogP contribution >= 0.6 is 0 Å². The second kappa shape index (κ2) is 1.45. The zero-order valence-electron chi connectivity index (χ0n) is 4.82. The van der Waals surface area contributed by atoms with Gasteiger partial charge in [-0.25, -0.2) is 4.39 Å². The first-order chi connectivity index (χ1) is 3.69. The van der Waals surface area contributed by atoms with E-state index in [2.05, 4.69) is 0 Å². The van der Waals surface area contributed by atoms with Crippen molar-refractivity contribution >= 4 is 0 Å². The van der Waals surface area contributed by atoms with Crippen molar-refractivity contribution < 1.29 is 4.39 Å². The Morgan fingerprint density at radius 2 is 2.25 bits per heavy atom. The van der Waals surface area contributed by atoms with Crippen molar-refractivity contribution in [3.05, 3.63) is 0 Å². The largest absolute Gasteiger partial charge is 0.242 e. The van der Waals surface area contributed by atoms with Crippen LogP contribution in [0.1, 0.15) is 19.8 Å². The number of hydrogen-bond acceptors (Lipinski definition) is 1. The van der Waals surface area contributed by atoms with Gasteiger partial charge in [-0.15, -0.1) is 0 Å². The first-order valence-electron chi connectivity index (χ1n) is 2.77. The van der Waals surface area contributed by atoms with Gasteiger partial charge in [-0.05, 0) is 19.8 Å². The quantitative estimate of drug-likeness (QED) is 0.507. The van der Waals surface area contributed by atoms with Crippen LogP contribution in [0.2, 0.25) is 0 Å². The Hall–Kier alpha value is -0.580. The number of nitriles is 1. The van der Waals surface area contributed by atoms with Gasteiger partial charge in [0, 0.05) is 0 Å². The Bertz CT molecular complexity index is 132. The maximum Gasteiger partial charge on any atom is 0.126 e. The zero-order valence-corrected chi connectivity index (χ0v) is 4.82. The van der Waals surface area contributed by atoms with E-state index in [1.807, 2.05) is 6.07 Å². The van der Waals surface area contributed by atoms with Crippen LogP contribution in [0.5, 0.6) is 0 Å². The standard InChI is InChI=1S/C6H8FN/c1-5(4-8)6(7)2-3-6/h5H,2-3H2,1H3. The van der Waals surface area contributed by atoms with Crippen molar-refractivity contribution in [3.8, 4) is 6.07 Å². The summed E-state index contributed by atoms with van der Waals surface area (Å²) in [6, 6.07) is 1.89. The average molecular weight is 113 g/mol. The highest BCUT2D eigenvalue weighted by Gasteiger charge is 2.48. The van der Waals surface area contributed by atoms with Crippen LogP contribution in [-0.4, -0.2) is 5.67 Å². The topological polar surface area (TPSA) is 23.8 Å². The van der Waals surface area contributed by atoms with Gasteiger partial charge in [0.1, 0.15) is 5.67 Å². The van der Waals surface area contributed by atoms with Gasteiger partial charge < -0.3 is 0 Å². The lowest BCUT2D eigenvalue weighted by Crippen LogP contribution is -2.10. The Morgan fingerprint density at radius 3 is 2.38 bits per heavy atom. The van der Waals surface area contributed by atoms with Gasteiger partial charge in [0.15, 0.2) is 0 Å². The summed E-state index contributed by atoms with van der Waals surface area (Å²) in [7, 11) is 0. The van der Waals surface area contributed by atoms with E-state index < -0.39 is 11.6 Å². The van der Waals surface area contributed by atoms with Crippen LogP contribution in [0.15, 0.2) is 0 Å². The van der Waals surface area contributed by atoms with Gasteiger partial charge in [0.05, 0.1) is 12.0 Å². The van der Waals surface area contributed by atoms with Crippen molar-refractivity contribution in [2.75, 3.05) is 0 Å². The minimum absolute atomic E-state index is 0.400. The second-order valence-electron chi connectivity index (χ2n) is 2.39. The minimum Gasteiger partial charge on any atom is -0.242 e. The normalized spacial score (nSPS) is 26.1. The maximum absolute atomic E-state index is 12.7. The van der Waals surface area contributed by atoms with Gasteiger partial charge in [0.25, 0.3) is 0 Å². The predicted molar refractivity (Wildman–Crippen MR) is 27.8 cm³/mol. The molecule has 1 saturated carbocycles. The molecule has 0 N–H and O–H groups in total. The van der Waals surface area contributed by atoms with Gasteiger partial charge in [-0.3, -0.25) is 0 Å². The highest BCUT2D eigenvalue weighted by molar-refractivity contribution is 5.06. The molecule has 0 spiro atoms. The van der Waals surface area contributed by atoms with E-state index in [9.17, 15) is 4.39 Å². The number of halogens is 1. The van der Waals surface area contributed by atoms with Crippen molar-refractivity contribution in [1.82, 2.24) is 0 Å². The van der Waals surface area contributed by atoms with Gasteiger partial charge in [-0.2, -0.15) is 5.26 Å².